The minimum absolute atomic E-state index is 0.408. The van der Waals surface area contributed by atoms with Gasteiger partial charge < -0.3 is 14.4 Å². The van der Waals surface area contributed by atoms with E-state index in [2.05, 4.69) is 9.05 Å². The molecule has 0 heterocycles. The van der Waals surface area contributed by atoms with E-state index in [0.29, 0.717) is 13.8 Å². The van der Waals surface area contributed by atoms with Crippen molar-refractivity contribution in [2.75, 3.05) is 13.2 Å². The van der Waals surface area contributed by atoms with Crippen LogP contribution in [0.25, 0.3) is 0 Å². The van der Waals surface area contributed by atoms with Gasteiger partial charge in [0.1, 0.15) is 0 Å². The topological polar surface area (TPSA) is 64.6 Å². The van der Waals surface area contributed by atoms with Gasteiger partial charge in [-0.1, -0.05) is 0 Å². The number of halogens is 12. The molecule has 0 spiro atoms. The first-order valence-electron chi connectivity index (χ1n) is 7.10. The maximum Gasteiger partial charge on any atom is 0.432 e. The second-order valence-electron chi connectivity index (χ2n) is 5.04. The standard InChI is InChI=1S/C11H12F12NO4P/c1-3-27-29(26,28-4-2)9(10(18,19)20,11(21,22)23)24-6(25)5(7(12,13)14)8(15,16)17/h5H,3-4H2,1-2H3,(H,24,25). The summed E-state index contributed by atoms with van der Waals surface area (Å²) in [6, 6.07) is 0. The summed E-state index contributed by atoms with van der Waals surface area (Å²) in [5.41, 5.74) is 0. The molecule has 5 nitrogen and oxygen atoms in total. The number of hydrogen-bond acceptors (Lipinski definition) is 4. The summed E-state index contributed by atoms with van der Waals surface area (Å²) in [5.74, 6) is -9.10. The summed E-state index contributed by atoms with van der Waals surface area (Å²) in [4.78, 5) is 11.4. The average Bonchev–Trinajstić information content (AvgIpc) is 2.38. The van der Waals surface area contributed by atoms with E-state index in [9.17, 15) is 62.0 Å². The molecule has 0 aliphatic carbocycles. The van der Waals surface area contributed by atoms with Crippen LogP contribution in [0.2, 0.25) is 0 Å². The lowest BCUT2D eigenvalue weighted by atomic mass is 10.1. The maximum atomic E-state index is 13.4. The van der Waals surface area contributed by atoms with E-state index >= 15 is 0 Å². The van der Waals surface area contributed by atoms with E-state index in [4.69, 9.17) is 0 Å². The normalized spacial score (nSPS) is 15.0. The molecule has 18 heteroatoms. The van der Waals surface area contributed by atoms with Gasteiger partial charge in [-0.25, -0.2) is 0 Å². The Bertz CT molecular complexity index is 585. The minimum atomic E-state index is -6.96. The van der Waals surface area contributed by atoms with Crippen LogP contribution < -0.4 is 5.32 Å². The molecule has 1 N–H and O–H groups in total. The van der Waals surface area contributed by atoms with Gasteiger partial charge >= 0.3 is 37.6 Å². The van der Waals surface area contributed by atoms with Crippen LogP contribution in [0.15, 0.2) is 0 Å². The summed E-state index contributed by atoms with van der Waals surface area (Å²) < 4.78 is 176. The van der Waals surface area contributed by atoms with Crippen LogP contribution in [0.3, 0.4) is 0 Å². The first-order valence-corrected chi connectivity index (χ1v) is 8.64. The van der Waals surface area contributed by atoms with Crippen LogP contribution in [0.5, 0.6) is 0 Å². The van der Waals surface area contributed by atoms with Crippen molar-refractivity contribution in [3.05, 3.63) is 0 Å². The van der Waals surface area contributed by atoms with Crippen LogP contribution in [-0.2, 0) is 18.4 Å². The molecule has 0 fully saturated rings. The fraction of sp³-hybridized carbons (Fsp3) is 0.909. The summed E-state index contributed by atoms with van der Waals surface area (Å²) in [6.07, 6.45) is -27.2. The van der Waals surface area contributed by atoms with Crippen molar-refractivity contribution >= 4 is 13.5 Å². The molecule has 0 unspecified atom stereocenters. The highest BCUT2D eigenvalue weighted by atomic mass is 31.2. The lowest BCUT2D eigenvalue weighted by molar-refractivity contribution is -0.293. The number of hydrogen-bond donors (Lipinski definition) is 1. The third-order valence-corrected chi connectivity index (χ3v) is 5.69. The van der Waals surface area contributed by atoms with Crippen molar-refractivity contribution in [2.45, 2.75) is 43.8 Å². The quantitative estimate of drug-likeness (QED) is 0.414. The van der Waals surface area contributed by atoms with E-state index in [0.717, 1.165) is 0 Å². The molecular formula is C11H12F12NO4P. The second-order valence-corrected chi connectivity index (χ2v) is 7.23. The highest BCUT2D eigenvalue weighted by Crippen LogP contribution is 2.69. The van der Waals surface area contributed by atoms with Gasteiger partial charge in [-0.05, 0) is 13.8 Å². The fourth-order valence-corrected chi connectivity index (χ4v) is 4.00. The lowest BCUT2D eigenvalue weighted by Gasteiger charge is -2.41. The van der Waals surface area contributed by atoms with Gasteiger partial charge in [0.05, 0.1) is 13.2 Å². The molecule has 174 valence electrons. The Labute approximate surface area is 154 Å². The van der Waals surface area contributed by atoms with Gasteiger partial charge in [-0.15, -0.1) is 0 Å². The second kappa shape index (κ2) is 8.49. The molecular weight excluding hydrogens is 469 g/mol. The predicted molar refractivity (Wildman–Crippen MR) is 69.4 cm³/mol. The third kappa shape index (κ3) is 5.48. The first-order chi connectivity index (χ1) is 12.6. The number of carbonyl (C=O) groups excluding carboxylic acids is 1. The van der Waals surface area contributed by atoms with Gasteiger partial charge in [-0.2, -0.15) is 52.7 Å². The zero-order valence-electron chi connectivity index (χ0n) is 14.1. The van der Waals surface area contributed by atoms with Crippen LogP contribution >= 0.6 is 7.60 Å². The van der Waals surface area contributed by atoms with E-state index in [1.807, 2.05) is 0 Å². The van der Waals surface area contributed by atoms with Gasteiger partial charge in [0.25, 0.3) is 0 Å². The fourth-order valence-electron chi connectivity index (χ4n) is 1.99. The van der Waals surface area contributed by atoms with Gasteiger partial charge in [0.2, 0.25) is 11.8 Å². The lowest BCUT2D eigenvalue weighted by Crippen LogP contribution is -2.69. The Morgan fingerprint density at radius 3 is 1.31 bits per heavy atom. The number of carbonyl (C=O) groups is 1. The maximum absolute atomic E-state index is 13.4. The van der Waals surface area contributed by atoms with E-state index in [-0.39, 0.29) is 0 Å². The Balaban J connectivity index is 6.93. The van der Waals surface area contributed by atoms with Crippen LogP contribution in [-0.4, -0.2) is 49.1 Å². The van der Waals surface area contributed by atoms with Crippen molar-refractivity contribution < 1.29 is 71.1 Å². The molecule has 0 aliphatic heterocycles. The Morgan fingerprint density at radius 2 is 1.10 bits per heavy atom. The monoisotopic (exact) mass is 481 g/mol. The molecule has 0 aliphatic rings. The van der Waals surface area contributed by atoms with Crippen molar-refractivity contribution in [3.63, 3.8) is 0 Å². The molecule has 0 radical (unpaired) electrons. The summed E-state index contributed by atoms with van der Waals surface area (Å²) in [5, 5.41) is -6.63. The zero-order chi connectivity index (χ0) is 23.7. The number of amides is 1. The Morgan fingerprint density at radius 1 is 0.793 bits per heavy atom. The SMILES string of the molecule is CCOP(=O)(OCC)C(NC(=O)C(C(F)(F)F)C(F)(F)F)(C(F)(F)F)C(F)(F)F. The third-order valence-electron chi connectivity index (χ3n) is 3.05. The molecule has 0 saturated heterocycles. The molecule has 0 rings (SSSR count). The highest BCUT2D eigenvalue weighted by molar-refractivity contribution is 7.55. The molecule has 0 aromatic heterocycles. The summed E-state index contributed by atoms with van der Waals surface area (Å²) >= 11 is 0. The molecule has 0 atom stereocenters. The highest BCUT2D eigenvalue weighted by Gasteiger charge is 2.83. The predicted octanol–water partition coefficient (Wildman–Crippen LogP) is 4.93. The summed E-state index contributed by atoms with van der Waals surface area (Å²) in [7, 11) is -6.72. The van der Waals surface area contributed by atoms with E-state index < -0.39 is 67.9 Å². The van der Waals surface area contributed by atoms with Crippen LogP contribution in [0.1, 0.15) is 13.8 Å². The average molecular weight is 481 g/mol. The van der Waals surface area contributed by atoms with Crippen LogP contribution in [0, 0.1) is 5.92 Å². The van der Waals surface area contributed by atoms with Gasteiger partial charge in [0, 0.05) is 0 Å². The first kappa shape index (κ1) is 27.8. The van der Waals surface area contributed by atoms with Gasteiger partial charge in [0.15, 0.2) is 0 Å². The molecule has 0 saturated carbocycles. The Hall–Kier alpha value is -1.22. The van der Waals surface area contributed by atoms with E-state index in [1.54, 1.807) is 0 Å². The van der Waals surface area contributed by atoms with E-state index in [1.165, 1.54) is 0 Å². The van der Waals surface area contributed by atoms with Crippen molar-refractivity contribution in [1.29, 1.82) is 0 Å². The smallest absolute Gasteiger partial charge is 0.324 e. The van der Waals surface area contributed by atoms with Crippen molar-refractivity contribution in [1.82, 2.24) is 5.32 Å². The summed E-state index contributed by atoms with van der Waals surface area (Å²) in [6.45, 7) is -0.996. The number of alkyl halides is 12. The Kier molecular flexibility index (Phi) is 8.14. The minimum Gasteiger partial charge on any atom is -0.324 e. The molecule has 29 heavy (non-hydrogen) atoms. The number of nitrogens with one attached hydrogen (secondary N) is 1. The molecule has 0 aromatic carbocycles. The zero-order valence-corrected chi connectivity index (χ0v) is 15.0. The van der Waals surface area contributed by atoms with Crippen LogP contribution in [0.4, 0.5) is 52.7 Å². The molecule has 0 aromatic rings. The van der Waals surface area contributed by atoms with Crippen molar-refractivity contribution in [2.24, 2.45) is 5.92 Å². The van der Waals surface area contributed by atoms with Crippen molar-refractivity contribution in [3.8, 4) is 0 Å². The number of rotatable bonds is 7. The largest absolute Gasteiger partial charge is 0.432 e. The molecule has 0 bridgehead atoms. The molecule has 1 amide bonds. The van der Waals surface area contributed by atoms with Gasteiger partial charge in [-0.3, -0.25) is 9.36 Å².